The molecule has 1 aromatic heterocycles. The third-order valence-electron chi connectivity index (χ3n) is 2.72. The van der Waals surface area contributed by atoms with Crippen molar-refractivity contribution in [2.45, 2.75) is 38.1 Å². The Morgan fingerprint density at radius 1 is 1.57 bits per heavy atom. The first-order valence-electron chi connectivity index (χ1n) is 4.95. The number of hydrogen-bond donors (Lipinski definition) is 1. The molecule has 5 heteroatoms. The van der Waals surface area contributed by atoms with E-state index in [1.807, 2.05) is 0 Å². The lowest BCUT2D eigenvalue weighted by atomic mass is 9.78. The van der Waals surface area contributed by atoms with E-state index >= 15 is 0 Å². The molecule has 14 heavy (non-hydrogen) atoms. The second-order valence-corrected chi connectivity index (χ2v) is 4.78. The average Bonchev–Trinajstić information content (AvgIpc) is 2.59. The molecule has 1 fully saturated rings. The van der Waals surface area contributed by atoms with E-state index < -0.39 is 0 Å². The molecule has 1 aliphatic carbocycles. The first-order valence-corrected chi connectivity index (χ1v) is 6.25. The number of aromatic nitrogens is 2. The van der Waals surface area contributed by atoms with Crippen LogP contribution in [-0.2, 0) is 6.42 Å². The van der Waals surface area contributed by atoms with E-state index in [0.29, 0.717) is 5.88 Å². The Labute approximate surface area is 93.1 Å². The second kappa shape index (κ2) is 4.03. The predicted molar refractivity (Wildman–Crippen MR) is 60.2 cm³/mol. The fourth-order valence-electron chi connectivity index (χ4n) is 1.57. The van der Waals surface area contributed by atoms with Gasteiger partial charge in [0.1, 0.15) is 5.82 Å². The van der Waals surface area contributed by atoms with Gasteiger partial charge in [-0.15, -0.1) is 11.6 Å². The van der Waals surface area contributed by atoms with Gasteiger partial charge in [0, 0.05) is 23.8 Å². The first-order chi connectivity index (χ1) is 6.78. The molecule has 1 heterocycles. The Morgan fingerprint density at radius 2 is 2.36 bits per heavy atom. The molecule has 0 radical (unpaired) electrons. The van der Waals surface area contributed by atoms with E-state index in [-0.39, 0.29) is 5.54 Å². The Balaban J connectivity index is 2.02. The quantitative estimate of drug-likeness (QED) is 0.810. The predicted octanol–water partition coefficient (Wildman–Crippen LogP) is 2.67. The first kappa shape index (κ1) is 10.2. The maximum atomic E-state index is 5.94. The molecule has 1 saturated carbocycles. The lowest BCUT2D eigenvalue weighted by Gasteiger charge is -2.40. The van der Waals surface area contributed by atoms with Crippen LogP contribution in [0.25, 0.3) is 0 Å². The van der Waals surface area contributed by atoms with Crippen LogP contribution >= 0.6 is 23.1 Å². The van der Waals surface area contributed by atoms with Crippen molar-refractivity contribution in [1.29, 1.82) is 0 Å². The molecule has 0 atom stereocenters. The van der Waals surface area contributed by atoms with E-state index in [9.17, 15) is 0 Å². The molecule has 1 aliphatic rings. The minimum absolute atomic E-state index is 0.103. The fourth-order valence-corrected chi connectivity index (χ4v) is 2.67. The molecule has 0 unspecified atom stereocenters. The van der Waals surface area contributed by atoms with Gasteiger partial charge in [0.25, 0.3) is 0 Å². The minimum Gasteiger partial charge on any atom is -0.354 e. The molecule has 0 saturated heterocycles. The highest BCUT2D eigenvalue weighted by atomic mass is 35.5. The van der Waals surface area contributed by atoms with E-state index in [0.717, 1.165) is 30.2 Å². The van der Waals surface area contributed by atoms with Gasteiger partial charge in [0.15, 0.2) is 0 Å². The van der Waals surface area contributed by atoms with Crippen LogP contribution in [0.15, 0.2) is 0 Å². The average molecular weight is 232 g/mol. The van der Waals surface area contributed by atoms with Crippen molar-refractivity contribution >= 4 is 28.3 Å². The summed E-state index contributed by atoms with van der Waals surface area (Å²) in [6, 6.07) is 0. The topological polar surface area (TPSA) is 37.8 Å². The van der Waals surface area contributed by atoms with Gasteiger partial charge in [-0.3, -0.25) is 0 Å². The van der Waals surface area contributed by atoms with Gasteiger partial charge in [-0.25, -0.2) is 4.98 Å². The third-order valence-corrected chi connectivity index (χ3v) is 3.90. The number of anilines is 1. The van der Waals surface area contributed by atoms with Crippen molar-refractivity contribution in [3.63, 3.8) is 0 Å². The van der Waals surface area contributed by atoms with Crippen LogP contribution in [0.3, 0.4) is 0 Å². The highest BCUT2D eigenvalue weighted by Gasteiger charge is 2.36. The van der Waals surface area contributed by atoms with E-state index in [4.69, 9.17) is 11.6 Å². The zero-order valence-electron chi connectivity index (χ0n) is 8.22. The lowest BCUT2D eigenvalue weighted by Crippen LogP contribution is -2.46. The van der Waals surface area contributed by atoms with Gasteiger partial charge in [-0.2, -0.15) is 4.37 Å². The van der Waals surface area contributed by atoms with Crippen LogP contribution in [0, 0.1) is 0 Å². The fraction of sp³-hybridized carbons (Fsp3) is 0.778. The van der Waals surface area contributed by atoms with Crippen molar-refractivity contribution in [3.8, 4) is 0 Å². The normalized spacial score (nSPS) is 19.0. The zero-order valence-corrected chi connectivity index (χ0v) is 9.79. The van der Waals surface area contributed by atoms with Crippen molar-refractivity contribution in [2.24, 2.45) is 0 Å². The summed E-state index contributed by atoms with van der Waals surface area (Å²) in [4.78, 5) is 4.38. The minimum atomic E-state index is 0.103. The number of nitrogens with zero attached hydrogens (tertiary/aromatic N) is 2. The molecular formula is C9H14ClN3S. The van der Waals surface area contributed by atoms with Crippen molar-refractivity contribution in [2.75, 3.05) is 11.2 Å². The number of rotatable bonds is 4. The zero-order chi connectivity index (χ0) is 10.0. The summed E-state index contributed by atoms with van der Waals surface area (Å²) < 4.78 is 4.24. The molecule has 0 aromatic carbocycles. The molecule has 78 valence electrons. The van der Waals surface area contributed by atoms with Crippen molar-refractivity contribution in [1.82, 2.24) is 9.36 Å². The Kier molecular flexibility index (Phi) is 2.93. The van der Waals surface area contributed by atoms with Gasteiger partial charge in [0.05, 0.1) is 5.54 Å². The Morgan fingerprint density at radius 3 is 2.79 bits per heavy atom. The molecule has 0 amide bonds. The SMILES string of the molecule is CCc1nsc(NC2(CCl)CCC2)n1. The second-order valence-electron chi connectivity index (χ2n) is 3.76. The smallest absolute Gasteiger partial charge is 0.203 e. The van der Waals surface area contributed by atoms with Crippen LogP contribution in [-0.4, -0.2) is 20.8 Å². The maximum absolute atomic E-state index is 5.94. The van der Waals surface area contributed by atoms with Crippen molar-refractivity contribution < 1.29 is 0 Å². The largest absolute Gasteiger partial charge is 0.354 e. The van der Waals surface area contributed by atoms with Gasteiger partial charge in [0.2, 0.25) is 5.13 Å². The van der Waals surface area contributed by atoms with Gasteiger partial charge in [-0.1, -0.05) is 6.92 Å². The Bertz CT molecular complexity index is 303. The number of nitrogens with one attached hydrogen (secondary N) is 1. The molecule has 3 nitrogen and oxygen atoms in total. The van der Waals surface area contributed by atoms with Gasteiger partial charge in [-0.05, 0) is 19.3 Å². The summed E-state index contributed by atoms with van der Waals surface area (Å²) in [6.07, 6.45) is 4.46. The summed E-state index contributed by atoms with van der Waals surface area (Å²) in [5.41, 5.74) is 0.103. The molecule has 0 spiro atoms. The highest BCUT2D eigenvalue weighted by Crippen LogP contribution is 2.36. The lowest BCUT2D eigenvalue weighted by molar-refractivity contribution is 0.311. The number of halogens is 1. The number of hydrogen-bond acceptors (Lipinski definition) is 4. The summed E-state index contributed by atoms with van der Waals surface area (Å²) in [7, 11) is 0. The molecule has 0 aliphatic heterocycles. The van der Waals surface area contributed by atoms with E-state index in [1.54, 1.807) is 0 Å². The summed E-state index contributed by atoms with van der Waals surface area (Å²) in [6.45, 7) is 2.06. The van der Waals surface area contributed by atoms with Crippen LogP contribution in [0.2, 0.25) is 0 Å². The van der Waals surface area contributed by atoms with Crippen LogP contribution in [0.5, 0.6) is 0 Å². The van der Waals surface area contributed by atoms with Crippen LogP contribution < -0.4 is 5.32 Å². The van der Waals surface area contributed by atoms with Gasteiger partial charge >= 0.3 is 0 Å². The van der Waals surface area contributed by atoms with Crippen molar-refractivity contribution in [3.05, 3.63) is 5.82 Å². The summed E-state index contributed by atoms with van der Waals surface area (Å²) in [5, 5.41) is 4.33. The molecule has 1 N–H and O–H groups in total. The molecule has 2 rings (SSSR count). The van der Waals surface area contributed by atoms with Crippen LogP contribution in [0.4, 0.5) is 5.13 Å². The molecular weight excluding hydrogens is 218 g/mol. The third kappa shape index (κ3) is 1.86. The Hall–Kier alpha value is -0.350. The van der Waals surface area contributed by atoms with Gasteiger partial charge < -0.3 is 5.32 Å². The monoisotopic (exact) mass is 231 g/mol. The molecule has 0 bridgehead atoms. The standard InChI is InChI=1S/C9H14ClN3S/c1-2-7-11-8(14-13-7)12-9(6-10)4-3-5-9/h2-6H2,1H3,(H,11,12,13). The number of aryl methyl sites for hydroxylation is 1. The summed E-state index contributed by atoms with van der Waals surface area (Å²) >= 11 is 7.38. The van der Waals surface area contributed by atoms with E-state index in [1.165, 1.54) is 18.0 Å². The highest BCUT2D eigenvalue weighted by molar-refractivity contribution is 7.09. The van der Waals surface area contributed by atoms with Crippen LogP contribution in [0.1, 0.15) is 32.0 Å². The molecule has 1 aromatic rings. The van der Waals surface area contributed by atoms with E-state index in [2.05, 4.69) is 21.6 Å². The summed E-state index contributed by atoms with van der Waals surface area (Å²) in [5.74, 6) is 1.58. The maximum Gasteiger partial charge on any atom is 0.203 e. The number of alkyl halides is 1.